The number of anilines is 6. The van der Waals surface area contributed by atoms with Crippen LogP contribution in [0.2, 0.25) is 0 Å². The summed E-state index contributed by atoms with van der Waals surface area (Å²) in [5.41, 5.74) is 7.36. The molecule has 0 unspecified atom stereocenters. The summed E-state index contributed by atoms with van der Waals surface area (Å²) in [5, 5.41) is 5.43. The van der Waals surface area contributed by atoms with Gasteiger partial charge < -0.3 is 9.80 Å². The smallest absolute Gasteiger partial charge is 0.150 e. The average Bonchev–Trinajstić information content (AvgIpc) is 3.30. The van der Waals surface area contributed by atoms with E-state index in [0.29, 0.717) is 45.0 Å². The molecule has 0 radical (unpaired) electrons. The van der Waals surface area contributed by atoms with Crippen LogP contribution < -0.4 is 9.80 Å². The maximum absolute atomic E-state index is 16.9. The van der Waals surface area contributed by atoms with Gasteiger partial charge in [-0.25, -0.2) is 17.6 Å². The van der Waals surface area contributed by atoms with Crippen LogP contribution in [0.25, 0.3) is 54.6 Å². The van der Waals surface area contributed by atoms with Crippen molar-refractivity contribution in [2.24, 2.45) is 0 Å². The summed E-state index contributed by atoms with van der Waals surface area (Å²) in [6.07, 6.45) is 0. The minimum absolute atomic E-state index is 0.113. The van der Waals surface area contributed by atoms with E-state index in [1.165, 1.54) is 12.1 Å². The summed E-state index contributed by atoms with van der Waals surface area (Å²) in [4.78, 5) is 3.77. The zero-order valence-electron chi connectivity index (χ0n) is 37.7. The van der Waals surface area contributed by atoms with Crippen molar-refractivity contribution in [2.45, 2.75) is 52.4 Å². The zero-order valence-corrected chi connectivity index (χ0v) is 37.7. The molecule has 0 saturated heterocycles. The molecule has 0 amide bonds. The van der Waals surface area contributed by atoms with Crippen LogP contribution >= 0.6 is 0 Å². The molecule has 0 saturated carbocycles. The third kappa shape index (κ3) is 7.50. The molecular weight excluding hydrogens is 825 g/mol. The standard InChI is InChI=1S/C60H48F4N2/c1-59(2,3)41-25-17-37(18-26-41)49-33-43(61)35-51(63)57(49)65(45-13-9-7-10-14-45)53-31-23-39-22-30-48-54(32-24-40-21-29-47(53)55(39)56(40)48)66(46-15-11-8-12-16-46)58-50(34-44(62)36-52(58)64)38-19-27-42(28-20-38)60(4,5)6/h7-36H,1-6H3. The van der Waals surface area contributed by atoms with Gasteiger partial charge in [0.25, 0.3) is 0 Å². The normalized spacial score (nSPS) is 12.1. The highest BCUT2D eigenvalue weighted by Gasteiger charge is 2.28. The quantitative estimate of drug-likeness (QED) is 0.111. The molecule has 10 aromatic carbocycles. The van der Waals surface area contributed by atoms with Crippen LogP contribution in [-0.4, -0.2) is 0 Å². The van der Waals surface area contributed by atoms with Gasteiger partial charge in [0.05, 0.1) is 22.7 Å². The van der Waals surface area contributed by atoms with Crippen molar-refractivity contribution < 1.29 is 17.6 Å². The first-order valence-electron chi connectivity index (χ1n) is 22.3. The highest BCUT2D eigenvalue weighted by molar-refractivity contribution is 6.28. The molecule has 0 spiro atoms. The fraction of sp³-hybridized carbons (Fsp3) is 0.133. The Hall–Kier alpha value is -7.44. The number of halogens is 4. The fourth-order valence-electron chi connectivity index (χ4n) is 9.42. The molecule has 6 heteroatoms. The molecule has 10 aromatic rings. The summed E-state index contributed by atoms with van der Waals surface area (Å²) in [6, 6.07) is 55.9. The summed E-state index contributed by atoms with van der Waals surface area (Å²) in [6.45, 7) is 12.8. The number of para-hydroxylation sites is 2. The van der Waals surface area contributed by atoms with Crippen molar-refractivity contribution in [3.8, 4) is 22.3 Å². The monoisotopic (exact) mass is 872 g/mol. The van der Waals surface area contributed by atoms with Gasteiger partial charge in [0, 0.05) is 45.4 Å². The van der Waals surface area contributed by atoms with Crippen molar-refractivity contribution in [1.29, 1.82) is 0 Å². The van der Waals surface area contributed by atoms with Crippen molar-refractivity contribution in [2.75, 3.05) is 9.80 Å². The second-order valence-electron chi connectivity index (χ2n) is 19.2. The van der Waals surface area contributed by atoms with Crippen LogP contribution in [-0.2, 0) is 10.8 Å². The Kier molecular flexibility index (Phi) is 10.4. The van der Waals surface area contributed by atoms with Crippen LogP contribution in [0.1, 0.15) is 52.7 Å². The predicted molar refractivity (Wildman–Crippen MR) is 268 cm³/mol. The van der Waals surface area contributed by atoms with Gasteiger partial charge >= 0.3 is 0 Å². The summed E-state index contributed by atoms with van der Waals surface area (Å²) < 4.78 is 64.6. The summed E-state index contributed by atoms with van der Waals surface area (Å²) in [7, 11) is 0. The van der Waals surface area contributed by atoms with Gasteiger partial charge in [-0.3, -0.25) is 0 Å². The van der Waals surface area contributed by atoms with E-state index in [9.17, 15) is 0 Å². The number of benzene rings is 10. The molecule has 0 N–H and O–H groups in total. The van der Waals surface area contributed by atoms with Crippen LogP contribution in [0.3, 0.4) is 0 Å². The predicted octanol–water partition coefficient (Wildman–Crippen LogP) is 18.0. The van der Waals surface area contributed by atoms with E-state index < -0.39 is 23.3 Å². The molecule has 66 heavy (non-hydrogen) atoms. The molecule has 10 rings (SSSR count). The second kappa shape index (κ2) is 16.2. The molecule has 0 aliphatic carbocycles. The molecule has 0 aliphatic heterocycles. The maximum atomic E-state index is 16.9. The number of nitrogens with zero attached hydrogens (tertiary/aromatic N) is 2. The fourth-order valence-corrected chi connectivity index (χ4v) is 9.42. The van der Waals surface area contributed by atoms with Gasteiger partial charge in [-0.15, -0.1) is 0 Å². The molecular formula is C60H48F4N2. The lowest BCUT2D eigenvalue weighted by atomic mass is 9.86. The number of hydrogen-bond acceptors (Lipinski definition) is 2. The lowest BCUT2D eigenvalue weighted by Crippen LogP contribution is -2.15. The molecule has 0 atom stereocenters. The minimum atomic E-state index is -0.703. The first-order chi connectivity index (χ1) is 31.7. The Morgan fingerprint density at radius 1 is 0.364 bits per heavy atom. The third-order valence-electron chi connectivity index (χ3n) is 12.8. The minimum Gasteiger partial charge on any atom is -0.307 e. The lowest BCUT2D eigenvalue weighted by molar-refractivity contribution is 0.584. The molecule has 0 aromatic heterocycles. The van der Waals surface area contributed by atoms with Gasteiger partial charge in [-0.1, -0.05) is 163 Å². The van der Waals surface area contributed by atoms with Crippen LogP contribution in [0.15, 0.2) is 182 Å². The topological polar surface area (TPSA) is 6.48 Å². The van der Waals surface area contributed by atoms with Crippen molar-refractivity contribution >= 4 is 66.4 Å². The lowest BCUT2D eigenvalue weighted by Gasteiger charge is -2.31. The van der Waals surface area contributed by atoms with Crippen molar-refractivity contribution in [3.05, 3.63) is 216 Å². The molecule has 0 bridgehead atoms. The van der Waals surface area contributed by atoms with Gasteiger partial charge in [0.15, 0.2) is 11.6 Å². The van der Waals surface area contributed by atoms with Crippen LogP contribution in [0, 0.1) is 23.3 Å². The highest BCUT2D eigenvalue weighted by Crippen LogP contribution is 2.51. The largest absolute Gasteiger partial charge is 0.307 e. The van der Waals surface area contributed by atoms with Gasteiger partial charge in [0.1, 0.15) is 11.6 Å². The van der Waals surface area contributed by atoms with E-state index in [1.54, 1.807) is 0 Å². The average molecular weight is 873 g/mol. The second-order valence-corrected chi connectivity index (χ2v) is 19.2. The van der Waals surface area contributed by atoms with Crippen LogP contribution in [0.5, 0.6) is 0 Å². The van der Waals surface area contributed by atoms with E-state index in [1.807, 2.05) is 143 Å². The van der Waals surface area contributed by atoms with Gasteiger partial charge in [0.2, 0.25) is 0 Å². The first-order valence-corrected chi connectivity index (χ1v) is 22.3. The van der Waals surface area contributed by atoms with Crippen LogP contribution in [0.4, 0.5) is 51.7 Å². The van der Waals surface area contributed by atoms with E-state index >= 15 is 17.6 Å². The molecule has 0 heterocycles. The Bertz CT molecular complexity index is 3180. The molecule has 326 valence electrons. The summed E-state index contributed by atoms with van der Waals surface area (Å²) in [5.74, 6) is -2.75. The Morgan fingerprint density at radius 2 is 0.712 bits per heavy atom. The zero-order chi connectivity index (χ0) is 46.1. The van der Waals surface area contributed by atoms with Crippen molar-refractivity contribution in [1.82, 2.24) is 0 Å². The van der Waals surface area contributed by atoms with Gasteiger partial charge in [-0.05, 0) is 103 Å². The SMILES string of the molecule is CC(C)(C)c1ccc(-c2cc(F)cc(F)c2N(c2ccccc2)c2ccc3ccc4c(N(c5ccccc5)c5c(F)cc(F)cc5-c5ccc(C(C)(C)C)cc5)ccc5ccc2c3c54)cc1. The van der Waals surface area contributed by atoms with Gasteiger partial charge in [-0.2, -0.15) is 0 Å². The Balaban J connectivity index is 1.22. The molecule has 0 aliphatic rings. The Morgan fingerprint density at radius 3 is 1.06 bits per heavy atom. The highest BCUT2D eigenvalue weighted by atomic mass is 19.1. The first kappa shape index (κ1) is 42.5. The van der Waals surface area contributed by atoms with E-state index in [-0.39, 0.29) is 22.2 Å². The van der Waals surface area contributed by atoms with E-state index in [2.05, 4.69) is 65.8 Å². The number of hydrogen-bond donors (Lipinski definition) is 0. The third-order valence-corrected chi connectivity index (χ3v) is 12.8. The van der Waals surface area contributed by atoms with Crippen molar-refractivity contribution in [3.63, 3.8) is 0 Å². The molecule has 0 fully saturated rings. The maximum Gasteiger partial charge on any atom is 0.150 e. The van der Waals surface area contributed by atoms with E-state index in [4.69, 9.17) is 0 Å². The molecule has 2 nitrogen and oxygen atoms in total. The number of rotatable bonds is 8. The Labute approximate surface area is 383 Å². The summed E-state index contributed by atoms with van der Waals surface area (Å²) >= 11 is 0. The van der Waals surface area contributed by atoms with E-state index in [0.717, 1.165) is 55.6 Å².